The monoisotopic (exact) mass is 378 g/mol. The average molecular weight is 379 g/mol. The van der Waals surface area contributed by atoms with Crippen LogP contribution >= 0.6 is 23.4 Å². The second-order valence-electron chi connectivity index (χ2n) is 6.58. The third kappa shape index (κ3) is 2.51. The molecule has 2 nitrogen and oxygen atoms in total. The Bertz CT molecular complexity index is 809. The van der Waals surface area contributed by atoms with Gasteiger partial charge < -0.3 is 0 Å². The molecule has 2 aliphatic carbocycles. The molecule has 0 heterocycles. The zero-order valence-corrected chi connectivity index (χ0v) is 15.5. The highest BCUT2D eigenvalue weighted by atomic mass is 35.5. The van der Waals surface area contributed by atoms with Gasteiger partial charge in [-0.05, 0) is 37.1 Å². The van der Waals surface area contributed by atoms with Gasteiger partial charge in [-0.3, -0.25) is 0 Å². The summed E-state index contributed by atoms with van der Waals surface area (Å²) in [5.41, 5.74) is 0. The molecule has 0 saturated heterocycles. The van der Waals surface area contributed by atoms with Crippen molar-refractivity contribution in [1.82, 2.24) is 0 Å². The summed E-state index contributed by atoms with van der Waals surface area (Å²) < 4.78 is 25.7. The summed E-state index contributed by atoms with van der Waals surface area (Å²) in [6.07, 6.45) is 2.84. The minimum Gasteiger partial charge on any atom is -0.223 e. The van der Waals surface area contributed by atoms with Crippen molar-refractivity contribution >= 4 is 33.2 Å². The first-order valence-corrected chi connectivity index (χ1v) is 11.0. The summed E-state index contributed by atoms with van der Waals surface area (Å²) in [5, 5.41) is -0.345. The van der Waals surface area contributed by atoms with Gasteiger partial charge in [0.25, 0.3) is 0 Å². The van der Waals surface area contributed by atoms with E-state index < -0.39 is 14.0 Å². The Labute approximate surface area is 152 Å². The first kappa shape index (κ1) is 16.5. The fraction of sp³-hybridized carbons (Fsp3) is 0.368. The van der Waals surface area contributed by atoms with E-state index in [1.54, 1.807) is 36.0 Å². The van der Waals surface area contributed by atoms with E-state index in [0.717, 1.165) is 24.2 Å². The highest BCUT2D eigenvalue weighted by Gasteiger charge is 2.67. The molecule has 0 aliphatic heterocycles. The van der Waals surface area contributed by atoms with Gasteiger partial charge in [0.05, 0.1) is 10.1 Å². The van der Waals surface area contributed by atoms with E-state index in [4.69, 9.17) is 11.6 Å². The normalized spacial score (nSPS) is 32.1. The van der Waals surface area contributed by atoms with Gasteiger partial charge in [-0.25, -0.2) is 8.42 Å². The van der Waals surface area contributed by atoms with Gasteiger partial charge in [-0.2, -0.15) is 0 Å². The maximum absolute atomic E-state index is 13.1. The average Bonchev–Trinajstić information content (AvgIpc) is 2.62. The van der Waals surface area contributed by atoms with Gasteiger partial charge in [0.2, 0.25) is 0 Å². The summed E-state index contributed by atoms with van der Waals surface area (Å²) in [4.78, 5) is 1.54. The molecule has 0 amide bonds. The topological polar surface area (TPSA) is 34.1 Å². The van der Waals surface area contributed by atoms with E-state index in [0.29, 0.717) is 4.90 Å². The van der Waals surface area contributed by atoms with E-state index in [9.17, 15) is 8.42 Å². The van der Waals surface area contributed by atoms with Crippen LogP contribution in [0.2, 0.25) is 0 Å². The van der Waals surface area contributed by atoms with Gasteiger partial charge in [-0.15, -0.1) is 23.4 Å². The lowest BCUT2D eigenvalue weighted by molar-refractivity contribution is 0.107. The summed E-state index contributed by atoms with van der Waals surface area (Å²) >= 11 is 8.64. The van der Waals surface area contributed by atoms with Gasteiger partial charge in [0, 0.05) is 16.7 Å². The third-order valence-corrected chi connectivity index (χ3v) is 9.80. The molecule has 0 spiro atoms. The molecular weight excluding hydrogens is 360 g/mol. The maximum Gasteiger partial charge on any atom is 0.181 e. The molecule has 2 atom stereocenters. The first-order chi connectivity index (χ1) is 11.5. The Kier molecular flexibility index (Phi) is 4.18. The van der Waals surface area contributed by atoms with Crippen molar-refractivity contribution in [2.45, 2.75) is 38.5 Å². The van der Waals surface area contributed by atoms with E-state index in [1.165, 1.54) is 0 Å². The van der Waals surface area contributed by atoms with Gasteiger partial charge in [-0.1, -0.05) is 42.8 Å². The van der Waals surface area contributed by atoms with Crippen molar-refractivity contribution in [2.75, 3.05) is 0 Å². The minimum atomic E-state index is -3.32. The second-order valence-corrected chi connectivity index (χ2v) is 10.9. The maximum atomic E-state index is 13.1. The predicted molar refractivity (Wildman–Crippen MR) is 99.1 cm³/mol. The Morgan fingerprint density at radius 1 is 0.917 bits per heavy atom. The van der Waals surface area contributed by atoms with Crippen molar-refractivity contribution in [3.8, 4) is 0 Å². The molecule has 24 heavy (non-hydrogen) atoms. The zero-order valence-electron chi connectivity index (χ0n) is 13.1. The number of fused-ring (bicyclic) bond motifs is 2. The molecule has 2 saturated carbocycles. The Morgan fingerprint density at radius 2 is 1.46 bits per heavy atom. The molecule has 2 unspecified atom stereocenters. The number of sulfone groups is 1. The molecule has 4 rings (SSSR count). The SMILES string of the molecule is O=S(=O)(c1ccccc1)C1C2CCCC1C2(Cl)Sc1ccccc1. The zero-order chi connectivity index (χ0) is 16.8. The number of halogens is 1. The molecule has 2 aromatic carbocycles. The molecule has 0 N–H and O–H groups in total. The number of thioether (sulfide) groups is 1. The van der Waals surface area contributed by atoms with Crippen molar-refractivity contribution in [2.24, 2.45) is 11.8 Å². The lowest BCUT2D eigenvalue weighted by atomic mass is 9.63. The number of benzene rings is 2. The highest BCUT2D eigenvalue weighted by molar-refractivity contribution is 8.02. The summed E-state index contributed by atoms with van der Waals surface area (Å²) in [6, 6.07) is 18.9. The van der Waals surface area contributed by atoms with Crippen LogP contribution in [0, 0.1) is 11.8 Å². The standard InChI is InChI=1S/C19H19ClO2S2/c20-19(23-14-8-3-1-4-9-14)16-12-7-13-17(19)18(16)24(21,22)15-10-5-2-6-11-15/h1-6,8-11,16-18H,7,12-13H2. The Balaban J connectivity index is 1.65. The van der Waals surface area contributed by atoms with Crippen molar-refractivity contribution in [3.63, 3.8) is 0 Å². The van der Waals surface area contributed by atoms with Crippen LogP contribution in [-0.4, -0.2) is 17.9 Å². The van der Waals surface area contributed by atoms with Crippen LogP contribution in [0.1, 0.15) is 19.3 Å². The van der Waals surface area contributed by atoms with E-state index in [1.807, 2.05) is 36.4 Å². The fourth-order valence-corrected chi connectivity index (χ4v) is 9.17. The molecule has 0 aromatic heterocycles. The third-order valence-electron chi connectivity index (χ3n) is 5.28. The number of rotatable bonds is 4. The van der Waals surface area contributed by atoms with Crippen LogP contribution in [0.25, 0.3) is 0 Å². The molecule has 2 bridgehead atoms. The van der Waals surface area contributed by atoms with Crippen LogP contribution in [0.4, 0.5) is 0 Å². The van der Waals surface area contributed by atoms with Gasteiger partial charge in [0.1, 0.15) is 4.21 Å². The lowest BCUT2D eigenvalue weighted by Gasteiger charge is -2.60. The summed E-state index contributed by atoms with van der Waals surface area (Å²) in [7, 11) is -3.32. The van der Waals surface area contributed by atoms with E-state index >= 15 is 0 Å². The van der Waals surface area contributed by atoms with Crippen molar-refractivity contribution < 1.29 is 8.42 Å². The molecule has 126 valence electrons. The number of hydrogen-bond donors (Lipinski definition) is 0. The van der Waals surface area contributed by atoms with Crippen LogP contribution in [0.15, 0.2) is 70.5 Å². The molecule has 2 aromatic rings. The highest BCUT2D eigenvalue weighted by Crippen LogP contribution is 2.66. The van der Waals surface area contributed by atoms with Crippen LogP contribution in [0.5, 0.6) is 0 Å². The largest absolute Gasteiger partial charge is 0.223 e. The van der Waals surface area contributed by atoms with Crippen molar-refractivity contribution in [1.29, 1.82) is 0 Å². The number of alkyl halides is 1. The lowest BCUT2D eigenvalue weighted by Crippen LogP contribution is -2.65. The molecule has 5 heteroatoms. The van der Waals surface area contributed by atoms with Gasteiger partial charge >= 0.3 is 0 Å². The quantitative estimate of drug-likeness (QED) is 0.703. The molecule has 0 radical (unpaired) electrons. The van der Waals surface area contributed by atoms with Crippen LogP contribution in [0.3, 0.4) is 0 Å². The van der Waals surface area contributed by atoms with Gasteiger partial charge in [0.15, 0.2) is 9.84 Å². The first-order valence-electron chi connectivity index (χ1n) is 8.25. The fourth-order valence-electron chi connectivity index (χ4n) is 4.19. The van der Waals surface area contributed by atoms with Crippen LogP contribution < -0.4 is 0 Å². The summed E-state index contributed by atoms with van der Waals surface area (Å²) in [5.74, 6) is 0.0154. The number of hydrogen-bond acceptors (Lipinski definition) is 3. The Morgan fingerprint density at radius 3 is 2.04 bits per heavy atom. The van der Waals surface area contributed by atoms with Crippen molar-refractivity contribution in [3.05, 3.63) is 60.7 Å². The molecular formula is C19H19ClO2S2. The molecule has 2 aliphatic rings. The smallest absolute Gasteiger partial charge is 0.181 e. The van der Waals surface area contributed by atoms with Crippen LogP contribution in [-0.2, 0) is 9.84 Å². The summed E-state index contributed by atoms with van der Waals surface area (Å²) in [6.45, 7) is 0. The minimum absolute atomic E-state index is 0.00771. The Hall–Kier alpha value is -0.970. The second kappa shape index (κ2) is 6.08. The molecule has 2 fully saturated rings. The van der Waals surface area contributed by atoms with E-state index in [-0.39, 0.29) is 17.1 Å². The van der Waals surface area contributed by atoms with E-state index in [2.05, 4.69) is 0 Å². The predicted octanol–water partition coefficient (Wildman–Crippen LogP) is 4.99.